The number of allylic oxidation sites excluding steroid dienone is 14. The van der Waals surface area contributed by atoms with Crippen LogP contribution in [-0.4, -0.2) is 37.2 Å². The van der Waals surface area contributed by atoms with Crippen LogP contribution in [0.15, 0.2) is 85.1 Å². The molecular weight excluding hydrogens is 733 g/mol. The maximum Gasteiger partial charge on any atom is 0.306 e. The first-order valence-corrected chi connectivity index (χ1v) is 24.1. The zero-order valence-corrected chi connectivity index (χ0v) is 38.2. The lowest BCUT2D eigenvalue weighted by molar-refractivity contribution is -0.167. The normalized spacial score (nSPS) is 12.8. The largest absolute Gasteiger partial charge is 0.462 e. The lowest BCUT2D eigenvalue weighted by Gasteiger charge is -2.18. The zero-order valence-electron chi connectivity index (χ0n) is 38.2. The molecule has 1 atom stereocenters. The molecule has 0 aromatic heterocycles. The molecule has 0 fully saturated rings. The van der Waals surface area contributed by atoms with E-state index in [1.807, 2.05) is 0 Å². The van der Waals surface area contributed by atoms with Crippen molar-refractivity contribution >= 4 is 17.9 Å². The fourth-order valence-electron chi connectivity index (χ4n) is 6.27. The number of ether oxygens (including phenoxy) is 3. The first kappa shape index (κ1) is 55.6. The SMILES string of the molecule is CC\C=C/C=C\C=C/CCCCCCCC(=O)OC(COC(=O)CCCCC/C=C\C=C/CCCC)COC(=O)CCCCCCCCC/C=C\C/C=C\CCCCC. The highest BCUT2D eigenvalue weighted by atomic mass is 16.6. The van der Waals surface area contributed by atoms with Gasteiger partial charge >= 0.3 is 17.9 Å². The van der Waals surface area contributed by atoms with E-state index in [1.54, 1.807) is 0 Å². The van der Waals surface area contributed by atoms with Gasteiger partial charge in [-0.2, -0.15) is 0 Å². The van der Waals surface area contributed by atoms with Gasteiger partial charge in [0, 0.05) is 19.3 Å². The quantitative estimate of drug-likeness (QED) is 0.0201. The number of rotatable bonds is 42. The van der Waals surface area contributed by atoms with Crippen molar-refractivity contribution in [1.82, 2.24) is 0 Å². The first-order valence-electron chi connectivity index (χ1n) is 24.1. The Morgan fingerprint density at radius 2 is 0.746 bits per heavy atom. The second-order valence-corrected chi connectivity index (χ2v) is 15.7. The number of carbonyl (C=O) groups excluding carboxylic acids is 3. The van der Waals surface area contributed by atoms with Crippen LogP contribution in [0.2, 0.25) is 0 Å². The minimum Gasteiger partial charge on any atom is -0.462 e. The van der Waals surface area contributed by atoms with E-state index in [4.69, 9.17) is 14.2 Å². The van der Waals surface area contributed by atoms with Gasteiger partial charge in [-0.15, -0.1) is 0 Å². The highest BCUT2D eigenvalue weighted by Crippen LogP contribution is 2.13. The van der Waals surface area contributed by atoms with Gasteiger partial charge < -0.3 is 14.2 Å². The fourth-order valence-corrected chi connectivity index (χ4v) is 6.27. The Hall–Kier alpha value is -3.41. The van der Waals surface area contributed by atoms with E-state index in [-0.39, 0.29) is 31.1 Å². The topological polar surface area (TPSA) is 78.9 Å². The van der Waals surface area contributed by atoms with Crippen molar-refractivity contribution < 1.29 is 28.6 Å². The van der Waals surface area contributed by atoms with E-state index in [1.165, 1.54) is 64.2 Å². The summed E-state index contributed by atoms with van der Waals surface area (Å²) in [7, 11) is 0. The van der Waals surface area contributed by atoms with Gasteiger partial charge in [-0.1, -0.05) is 189 Å². The number of hydrogen-bond acceptors (Lipinski definition) is 6. The van der Waals surface area contributed by atoms with Gasteiger partial charge in [0.25, 0.3) is 0 Å². The van der Waals surface area contributed by atoms with E-state index in [0.29, 0.717) is 19.3 Å². The van der Waals surface area contributed by atoms with Crippen LogP contribution in [0.5, 0.6) is 0 Å². The lowest BCUT2D eigenvalue weighted by Crippen LogP contribution is -2.30. The van der Waals surface area contributed by atoms with E-state index < -0.39 is 6.10 Å². The molecule has 59 heavy (non-hydrogen) atoms. The van der Waals surface area contributed by atoms with Crippen LogP contribution in [0.1, 0.15) is 213 Å². The van der Waals surface area contributed by atoms with Crippen LogP contribution >= 0.6 is 0 Å². The summed E-state index contributed by atoms with van der Waals surface area (Å²) in [5.74, 6) is -0.962. The molecule has 0 aliphatic rings. The maximum absolute atomic E-state index is 12.7. The molecule has 6 nitrogen and oxygen atoms in total. The minimum atomic E-state index is -0.800. The van der Waals surface area contributed by atoms with Crippen molar-refractivity contribution in [2.45, 2.75) is 219 Å². The van der Waals surface area contributed by atoms with Gasteiger partial charge in [0.15, 0.2) is 6.10 Å². The third kappa shape index (κ3) is 45.5. The van der Waals surface area contributed by atoms with Gasteiger partial charge in [0.1, 0.15) is 13.2 Å². The van der Waals surface area contributed by atoms with Crippen LogP contribution in [0.3, 0.4) is 0 Å². The number of esters is 3. The Morgan fingerprint density at radius 1 is 0.373 bits per heavy atom. The monoisotopic (exact) mass is 821 g/mol. The van der Waals surface area contributed by atoms with Gasteiger partial charge in [0.05, 0.1) is 0 Å². The summed E-state index contributed by atoms with van der Waals surface area (Å²) in [5.41, 5.74) is 0. The molecule has 0 N–H and O–H groups in total. The van der Waals surface area contributed by atoms with Crippen molar-refractivity contribution in [1.29, 1.82) is 0 Å². The van der Waals surface area contributed by atoms with Crippen molar-refractivity contribution in [3.05, 3.63) is 85.1 Å². The standard InChI is InChI=1S/C53H88O6/c1-4-7-10-13-16-19-22-24-25-26-27-29-31-34-37-40-43-46-52(55)58-49-50(48-57-51(54)45-42-39-36-33-30-21-18-15-12-9-6-3)59-53(56)47-44-41-38-35-32-28-23-20-17-14-11-8-5-2/h8,11,14-21,23-25,30,50H,4-7,9-10,12-13,22,26-29,31-49H2,1-3H3/b11-8-,17-14-,18-15-,19-16-,23-20-,25-24-,30-21-. The molecule has 0 saturated heterocycles. The van der Waals surface area contributed by atoms with Crippen LogP contribution < -0.4 is 0 Å². The molecule has 336 valence electrons. The summed E-state index contributed by atoms with van der Waals surface area (Å²) in [5, 5.41) is 0. The first-order chi connectivity index (χ1) is 29.0. The van der Waals surface area contributed by atoms with Crippen LogP contribution in [-0.2, 0) is 28.6 Å². The molecule has 0 saturated carbocycles. The van der Waals surface area contributed by atoms with Crippen LogP contribution in [0.25, 0.3) is 0 Å². The molecule has 0 spiro atoms. The molecule has 0 aliphatic heterocycles. The predicted molar refractivity (Wildman–Crippen MR) is 251 cm³/mol. The number of carbonyl (C=O) groups is 3. The maximum atomic E-state index is 12.7. The van der Waals surface area contributed by atoms with Crippen LogP contribution in [0.4, 0.5) is 0 Å². The van der Waals surface area contributed by atoms with Gasteiger partial charge in [0.2, 0.25) is 0 Å². The number of unbranched alkanes of at least 4 members (excludes halogenated alkanes) is 20. The summed E-state index contributed by atoms with van der Waals surface area (Å²) in [4.78, 5) is 37.8. The third-order valence-electron chi connectivity index (χ3n) is 9.94. The van der Waals surface area contributed by atoms with E-state index in [2.05, 4.69) is 106 Å². The Kier molecular flexibility index (Phi) is 44.5. The minimum absolute atomic E-state index is 0.0988. The van der Waals surface area contributed by atoms with Crippen molar-refractivity contribution in [3.63, 3.8) is 0 Å². The second-order valence-electron chi connectivity index (χ2n) is 15.7. The van der Waals surface area contributed by atoms with Crippen molar-refractivity contribution in [2.75, 3.05) is 13.2 Å². The molecule has 0 heterocycles. The highest BCUT2D eigenvalue weighted by molar-refractivity contribution is 5.71. The molecule has 0 aliphatic carbocycles. The summed E-state index contributed by atoms with van der Waals surface area (Å²) >= 11 is 0. The summed E-state index contributed by atoms with van der Waals surface area (Å²) in [6.45, 7) is 6.36. The van der Waals surface area contributed by atoms with Gasteiger partial charge in [-0.3, -0.25) is 14.4 Å². The fraction of sp³-hybridized carbons (Fsp3) is 0.679. The Labute approximate surface area is 363 Å². The summed E-state index contributed by atoms with van der Waals surface area (Å²) < 4.78 is 16.7. The van der Waals surface area contributed by atoms with E-state index in [9.17, 15) is 14.4 Å². The third-order valence-corrected chi connectivity index (χ3v) is 9.94. The lowest BCUT2D eigenvalue weighted by atomic mass is 10.1. The Balaban J connectivity index is 4.44. The molecule has 0 radical (unpaired) electrons. The smallest absolute Gasteiger partial charge is 0.306 e. The molecular formula is C53H88O6. The molecule has 0 bridgehead atoms. The Morgan fingerprint density at radius 3 is 1.24 bits per heavy atom. The summed E-state index contributed by atoms with van der Waals surface area (Å²) in [6, 6.07) is 0. The average molecular weight is 821 g/mol. The molecule has 1 unspecified atom stereocenters. The Bertz CT molecular complexity index is 1170. The highest BCUT2D eigenvalue weighted by Gasteiger charge is 2.19. The summed E-state index contributed by atoms with van der Waals surface area (Å²) in [6.07, 6.45) is 59.9. The molecule has 0 aromatic carbocycles. The predicted octanol–water partition coefficient (Wildman–Crippen LogP) is 15.6. The second kappa shape index (κ2) is 47.3. The van der Waals surface area contributed by atoms with Gasteiger partial charge in [-0.05, 0) is 89.9 Å². The average Bonchev–Trinajstić information content (AvgIpc) is 3.23. The molecule has 0 amide bonds. The number of hydrogen-bond donors (Lipinski definition) is 0. The molecule has 6 heteroatoms. The van der Waals surface area contributed by atoms with Crippen LogP contribution in [0, 0.1) is 0 Å². The zero-order chi connectivity index (χ0) is 43.0. The molecule has 0 rings (SSSR count). The van der Waals surface area contributed by atoms with Gasteiger partial charge in [-0.25, -0.2) is 0 Å². The molecule has 0 aromatic rings. The van der Waals surface area contributed by atoms with E-state index in [0.717, 1.165) is 109 Å². The van der Waals surface area contributed by atoms with E-state index >= 15 is 0 Å². The van der Waals surface area contributed by atoms with Crippen molar-refractivity contribution in [2.24, 2.45) is 0 Å². The van der Waals surface area contributed by atoms with Crippen molar-refractivity contribution in [3.8, 4) is 0 Å².